The molecule has 208 valence electrons. The molecule has 11 heteroatoms. The van der Waals surface area contributed by atoms with E-state index in [-0.39, 0.29) is 36.2 Å². The zero-order valence-corrected chi connectivity index (χ0v) is 24.2. The maximum Gasteiger partial charge on any atom is 0.243 e. The van der Waals surface area contributed by atoms with Crippen molar-refractivity contribution in [1.82, 2.24) is 14.9 Å². The quantitative estimate of drug-likeness (QED) is 0.389. The summed E-state index contributed by atoms with van der Waals surface area (Å²) in [6.07, 6.45) is 1.26. The van der Waals surface area contributed by atoms with Gasteiger partial charge in [0.05, 0.1) is 23.9 Å². The molecule has 1 aliphatic rings. The molecule has 0 saturated carbocycles. The van der Waals surface area contributed by atoms with E-state index in [4.69, 9.17) is 11.6 Å². The Labute approximate surface area is 237 Å². The van der Waals surface area contributed by atoms with E-state index in [9.17, 15) is 22.8 Å². The number of carbonyl (C=O) groups excluding carboxylic acids is 3. The van der Waals surface area contributed by atoms with E-state index < -0.39 is 33.8 Å². The Hall–Kier alpha value is -2.79. The van der Waals surface area contributed by atoms with E-state index in [1.807, 2.05) is 44.2 Å². The van der Waals surface area contributed by atoms with Gasteiger partial charge in [-0.2, -0.15) is 4.31 Å². The Kier molecular flexibility index (Phi) is 9.43. The standard InChI is InChI=1S/C28H32ClN3O5S2/c1-18(2)14-24(30-27(34)16-21-15-19-6-3-4-8-26(19)38-21)28(35)31-23-7-5-13-32(17-25(23)33)39(36,37)22-11-9-20(29)10-12-22/h3-4,6,8-12,15,18,23-24H,5,7,13-14,16-17H2,1-2H3,(H,30,34)(H,31,35)/t23-,24+/m1/s1. The molecule has 2 atom stereocenters. The number of amides is 2. The van der Waals surface area contributed by atoms with Gasteiger partial charge >= 0.3 is 0 Å². The van der Waals surface area contributed by atoms with Crippen molar-refractivity contribution in [3.63, 3.8) is 0 Å². The Morgan fingerprint density at radius 3 is 2.54 bits per heavy atom. The highest BCUT2D eigenvalue weighted by Crippen LogP contribution is 2.26. The second kappa shape index (κ2) is 12.6. The molecule has 0 radical (unpaired) electrons. The molecule has 39 heavy (non-hydrogen) atoms. The molecule has 2 N–H and O–H groups in total. The van der Waals surface area contributed by atoms with Crippen LogP contribution in [-0.4, -0.2) is 55.5 Å². The summed E-state index contributed by atoms with van der Waals surface area (Å²) in [5, 5.41) is 7.11. The fraction of sp³-hybridized carbons (Fsp3) is 0.393. The number of fused-ring (bicyclic) bond motifs is 1. The van der Waals surface area contributed by atoms with Crippen LogP contribution < -0.4 is 10.6 Å². The number of Topliss-reactive ketones (excluding diaryl/α,β-unsaturated/α-hetero) is 1. The summed E-state index contributed by atoms with van der Waals surface area (Å²) in [6, 6.07) is 14.0. The van der Waals surface area contributed by atoms with E-state index in [0.29, 0.717) is 24.3 Å². The number of benzene rings is 2. The number of hydrogen-bond donors (Lipinski definition) is 2. The first-order chi connectivity index (χ1) is 18.5. The van der Waals surface area contributed by atoms with Crippen LogP contribution in [0.25, 0.3) is 10.1 Å². The zero-order valence-electron chi connectivity index (χ0n) is 21.9. The van der Waals surface area contributed by atoms with Crippen molar-refractivity contribution in [2.75, 3.05) is 13.1 Å². The molecule has 0 bridgehead atoms. The Morgan fingerprint density at radius 2 is 1.85 bits per heavy atom. The first-order valence-electron chi connectivity index (χ1n) is 12.9. The van der Waals surface area contributed by atoms with Crippen LogP contribution >= 0.6 is 22.9 Å². The van der Waals surface area contributed by atoms with Gasteiger partial charge in [0.25, 0.3) is 0 Å². The van der Waals surface area contributed by atoms with E-state index >= 15 is 0 Å². The SMILES string of the molecule is CC(C)C[C@H](NC(=O)Cc1cc2ccccc2s1)C(=O)N[C@@H]1CCCN(S(=O)(=O)c2ccc(Cl)cc2)CC1=O. The summed E-state index contributed by atoms with van der Waals surface area (Å²) >= 11 is 7.42. The number of halogens is 1. The van der Waals surface area contributed by atoms with Crippen molar-refractivity contribution in [2.24, 2.45) is 5.92 Å². The van der Waals surface area contributed by atoms with E-state index in [0.717, 1.165) is 19.3 Å². The zero-order chi connectivity index (χ0) is 28.2. The molecule has 0 spiro atoms. The normalized spacial score (nSPS) is 17.6. The molecular formula is C28H32ClN3O5S2. The summed E-state index contributed by atoms with van der Waals surface area (Å²) in [4.78, 5) is 40.1. The maximum absolute atomic E-state index is 13.2. The Morgan fingerprint density at radius 1 is 1.13 bits per heavy atom. The summed E-state index contributed by atoms with van der Waals surface area (Å²) in [7, 11) is -3.89. The number of nitrogens with zero attached hydrogens (tertiary/aromatic N) is 1. The van der Waals surface area contributed by atoms with Crippen LogP contribution in [0.2, 0.25) is 5.02 Å². The highest BCUT2D eigenvalue weighted by molar-refractivity contribution is 7.89. The second-order valence-corrected chi connectivity index (χ2v) is 13.7. The van der Waals surface area contributed by atoms with Gasteiger partial charge in [0.2, 0.25) is 21.8 Å². The lowest BCUT2D eigenvalue weighted by molar-refractivity contribution is -0.131. The number of rotatable bonds is 9. The van der Waals surface area contributed by atoms with Crippen LogP contribution in [0.4, 0.5) is 0 Å². The molecule has 2 heterocycles. The van der Waals surface area contributed by atoms with E-state index in [2.05, 4.69) is 10.6 Å². The van der Waals surface area contributed by atoms with Crippen LogP contribution in [0.3, 0.4) is 0 Å². The average molecular weight is 590 g/mol. The predicted octanol–water partition coefficient (Wildman–Crippen LogP) is 4.17. The molecule has 1 saturated heterocycles. The largest absolute Gasteiger partial charge is 0.344 e. The Bertz CT molecular complexity index is 1420. The lowest BCUT2D eigenvalue weighted by Gasteiger charge is -2.23. The number of carbonyl (C=O) groups is 3. The minimum absolute atomic E-state index is 0.0560. The van der Waals surface area contributed by atoms with E-state index in [1.54, 1.807) is 11.3 Å². The van der Waals surface area contributed by atoms with Gasteiger partial charge in [-0.05, 0) is 67.0 Å². The highest BCUT2D eigenvalue weighted by Gasteiger charge is 2.34. The van der Waals surface area contributed by atoms with Gasteiger partial charge < -0.3 is 10.6 Å². The summed E-state index contributed by atoms with van der Waals surface area (Å²) in [6.45, 7) is 3.72. The van der Waals surface area contributed by atoms with Gasteiger partial charge in [0.1, 0.15) is 6.04 Å². The van der Waals surface area contributed by atoms with Gasteiger partial charge in [-0.1, -0.05) is 43.6 Å². The lowest BCUT2D eigenvalue weighted by atomic mass is 10.0. The van der Waals surface area contributed by atoms with E-state index in [1.165, 1.54) is 24.3 Å². The first kappa shape index (κ1) is 29.2. The van der Waals surface area contributed by atoms with Gasteiger partial charge in [0.15, 0.2) is 5.78 Å². The molecule has 2 amide bonds. The van der Waals surface area contributed by atoms with Gasteiger partial charge in [0, 0.05) is 21.1 Å². The van der Waals surface area contributed by atoms with Crippen molar-refractivity contribution < 1.29 is 22.8 Å². The third-order valence-electron chi connectivity index (χ3n) is 6.56. The van der Waals surface area contributed by atoms with Crippen molar-refractivity contribution >= 4 is 60.6 Å². The number of thiophene rings is 1. The second-order valence-electron chi connectivity index (χ2n) is 10.1. The lowest BCUT2D eigenvalue weighted by Crippen LogP contribution is -2.53. The molecule has 0 aliphatic carbocycles. The first-order valence-corrected chi connectivity index (χ1v) is 15.5. The fourth-order valence-electron chi connectivity index (χ4n) is 4.61. The van der Waals surface area contributed by atoms with Crippen LogP contribution in [0, 0.1) is 5.92 Å². The molecule has 3 aromatic rings. The monoisotopic (exact) mass is 589 g/mol. The van der Waals surface area contributed by atoms with Crippen LogP contribution in [0.1, 0.15) is 38.0 Å². The molecule has 4 rings (SSSR count). The smallest absolute Gasteiger partial charge is 0.243 e. The fourth-order valence-corrected chi connectivity index (χ4v) is 7.25. The number of hydrogen-bond acceptors (Lipinski definition) is 6. The molecule has 2 aromatic carbocycles. The molecular weight excluding hydrogens is 558 g/mol. The van der Waals surface area contributed by atoms with Crippen molar-refractivity contribution in [1.29, 1.82) is 0 Å². The van der Waals surface area contributed by atoms with Gasteiger partial charge in [-0.25, -0.2) is 8.42 Å². The van der Waals surface area contributed by atoms with Crippen LogP contribution in [0.5, 0.6) is 0 Å². The third kappa shape index (κ3) is 7.45. The van der Waals surface area contributed by atoms with Gasteiger partial charge in [-0.3, -0.25) is 14.4 Å². The number of sulfonamides is 1. The molecule has 1 aliphatic heterocycles. The Balaban J connectivity index is 1.40. The number of nitrogens with one attached hydrogen (secondary N) is 2. The predicted molar refractivity (Wildman–Crippen MR) is 153 cm³/mol. The highest BCUT2D eigenvalue weighted by atomic mass is 35.5. The van der Waals surface area contributed by atoms with Gasteiger partial charge in [-0.15, -0.1) is 11.3 Å². The van der Waals surface area contributed by atoms with Crippen LogP contribution in [-0.2, 0) is 30.8 Å². The number of ketones is 1. The topological polar surface area (TPSA) is 113 Å². The summed E-state index contributed by atoms with van der Waals surface area (Å²) < 4.78 is 28.4. The minimum Gasteiger partial charge on any atom is -0.344 e. The maximum atomic E-state index is 13.2. The molecule has 1 fully saturated rings. The molecule has 1 aromatic heterocycles. The van der Waals surface area contributed by atoms with Crippen molar-refractivity contribution in [3.05, 3.63) is 64.5 Å². The molecule has 0 unspecified atom stereocenters. The van der Waals surface area contributed by atoms with Crippen LogP contribution in [0.15, 0.2) is 59.5 Å². The van der Waals surface area contributed by atoms with Crippen molar-refractivity contribution in [3.8, 4) is 0 Å². The summed E-state index contributed by atoms with van der Waals surface area (Å²) in [5.74, 6) is -0.982. The third-order valence-corrected chi connectivity index (χ3v) is 9.79. The van der Waals surface area contributed by atoms with Crippen molar-refractivity contribution in [2.45, 2.75) is 56.5 Å². The summed E-state index contributed by atoms with van der Waals surface area (Å²) in [5.41, 5.74) is 0. The minimum atomic E-state index is -3.89. The molecule has 8 nitrogen and oxygen atoms in total. The average Bonchev–Trinajstić information content (AvgIpc) is 3.19.